The maximum Gasteiger partial charge on any atom is 0.272 e. The van der Waals surface area contributed by atoms with Gasteiger partial charge in [-0.05, 0) is 36.6 Å². The quantitative estimate of drug-likeness (QED) is 0.302. The lowest BCUT2D eigenvalue weighted by molar-refractivity contribution is -0.115. The summed E-state index contributed by atoms with van der Waals surface area (Å²) in [6, 6.07) is 13.5. The topological polar surface area (TPSA) is 129 Å². The van der Waals surface area contributed by atoms with Crippen molar-refractivity contribution in [3.8, 4) is 0 Å². The number of H-pyrrole nitrogens is 1. The molecule has 0 atom stereocenters. The van der Waals surface area contributed by atoms with Crippen LogP contribution in [0.1, 0.15) is 56.4 Å². The first kappa shape index (κ1) is 24.6. The van der Waals surface area contributed by atoms with Crippen molar-refractivity contribution in [3.63, 3.8) is 0 Å². The molecule has 0 spiro atoms. The van der Waals surface area contributed by atoms with Crippen molar-refractivity contribution in [1.29, 1.82) is 0 Å². The summed E-state index contributed by atoms with van der Waals surface area (Å²) in [6.45, 7) is 6.32. The number of hydrogen-bond donors (Lipinski definition) is 4. The number of nitrogens with one attached hydrogen (secondary N) is 4. The molecule has 9 nitrogen and oxygen atoms in total. The van der Waals surface area contributed by atoms with Crippen molar-refractivity contribution < 1.29 is 14.4 Å². The van der Waals surface area contributed by atoms with Crippen molar-refractivity contribution in [1.82, 2.24) is 25.6 Å². The molecule has 2 aromatic carbocycles. The standard InChI is InChI=1S/C27H28N6O3/c1-4-22(34)33-21-11-19(10-7-17(21)3)13-30-27(36)25-24-23(31-15-32-25)20(14-28-24)26(35)29-12-18-8-5-16(2)6-9-18/h5-11,14-15,28H,4,12-13H2,1-3H3,(H,29,35)(H,30,36)(H,33,34). The molecule has 0 fully saturated rings. The number of carbonyl (C=O) groups excluding carboxylic acids is 3. The maximum absolute atomic E-state index is 12.9. The Morgan fingerprint density at radius 3 is 2.33 bits per heavy atom. The van der Waals surface area contributed by atoms with Crippen LogP contribution in [0.25, 0.3) is 11.0 Å². The van der Waals surface area contributed by atoms with Crippen LogP contribution >= 0.6 is 0 Å². The molecular weight excluding hydrogens is 456 g/mol. The van der Waals surface area contributed by atoms with Crippen LogP contribution in [0.2, 0.25) is 0 Å². The maximum atomic E-state index is 12.9. The van der Waals surface area contributed by atoms with Gasteiger partial charge >= 0.3 is 0 Å². The van der Waals surface area contributed by atoms with Crippen LogP contribution in [0.4, 0.5) is 5.69 Å². The van der Waals surface area contributed by atoms with Gasteiger partial charge in [0.2, 0.25) is 5.91 Å². The third-order valence-corrected chi connectivity index (χ3v) is 5.85. The number of carbonyl (C=O) groups is 3. The zero-order valence-electron chi connectivity index (χ0n) is 20.4. The minimum absolute atomic E-state index is 0.0758. The Hall–Kier alpha value is -4.53. The summed E-state index contributed by atoms with van der Waals surface area (Å²) in [7, 11) is 0. The van der Waals surface area contributed by atoms with E-state index in [2.05, 4.69) is 30.9 Å². The molecule has 4 aromatic rings. The smallest absolute Gasteiger partial charge is 0.272 e. The highest BCUT2D eigenvalue weighted by molar-refractivity contribution is 6.10. The molecule has 4 rings (SSSR count). The number of aromatic nitrogens is 3. The first-order chi connectivity index (χ1) is 17.4. The van der Waals surface area contributed by atoms with Gasteiger partial charge in [0.25, 0.3) is 11.8 Å². The highest BCUT2D eigenvalue weighted by atomic mass is 16.2. The second-order valence-corrected chi connectivity index (χ2v) is 8.55. The van der Waals surface area contributed by atoms with Crippen LogP contribution in [-0.2, 0) is 17.9 Å². The van der Waals surface area contributed by atoms with E-state index in [1.54, 1.807) is 6.92 Å². The Bertz CT molecular complexity index is 1430. The predicted molar refractivity (Wildman–Crippen MR) is 138 cm³/mol. The predicted octanol–water partition coefficient (Wildman–Crippen LogP) is 3.78. The zero-order valence-corrected chi connectivity index (χ0v) is 20.4. The average Bonchev–Trinajstić information content (AvgIpc) is 3.33. The van der Waals surface area contributed by atoms with Crippen molar-refractivity contribution in [2.75, 3.05) is 5.32 Å². The highest BCUT2D eigenvalue weighted by Crippen LogP contribution is 2.20. The second kappa shape index (κ2) is 10.8. The van der Waals surface area contributed by atoms with Gasteiger partial charge in [-0.2, -0.15) is 0 Å². The van der Waals surface area contributed by atoms with E-state index in [4.69, 9.17) is 0 Å². The van der Waals surface area contributed by atoms with Crippen LogP contribution in [0, 0.1) is 13.8 Å². The number of amides is 3. The lowest BCUT2D eigenvalue weighted by atomic mass is 10.1. The first-order valence-corrected chi connectivity index (χ1v) is 11.7. The van der Waals surface area contributed by atoms with Gasteiger partial charge in [-0.25, -0.2) is 9.97 Å². The average molecular weight is 485 g/mol. The lowest BCUT2D eigenvalue weighted by Crippen LogP contribution is -2.25. The molecule has 0 saturated carbocycles. The third kappa shape index (κ3) is 5.57. The van der Waals surface area contributed by atoms with Gasteiger partial charge in [0.15, 0.2) is 5.69 Å². The monoisotopic (exact) mass is 484 g/mol. The number of hydrogen-bond acceptors (Lipinski definition) is 5. The molecule has 3 amide bonds. The molecular formula is C27H28N6O3. The van der Waals surface area contributed by atoms with Crippen molar-refractivity contribution in [2.24, 2.45) is 0 Å². The van der Waals surface area contributed by atoms with Crippen LogP contribution in [0.15, 0.2) is 55.0 Å². The molecule has 4 N–H and O–H groups in total. The van der Waals surface area contributed by atoms with Gasteiger partial charge in [-0.3, -0.25) is 14.4 Å². The van der Waals surface area contributed by atoms with E-state index in [-0.39, 0.29) is 24.1 Å². The van der Waals surface area contributed by atoms with E-state index in [1.165, 1.54) is 12.5 Å². The fourth-order valence-corrected chi connectivity index (χ4v) is 3.69. The summed E-state index contributed by atoms with van der Waals surface area (Å²) in [5.41, 5.74) is 5.84. The number of aromatic amines is 1. The Labute approximate surface area is 208 Å². The van der Waals surface area contributed by atoms with Gasteiger partial charge in [0, 0.05) is 31.4 Å². The normalized spacial score (nSPS) is 10.8. The van der Waals surface area contributed by atoms with Crippen molar-refractivity contribution in [3.05, 3.63) is 88.5 Å². The zero-order chi connectivity index (χ0) is 25.7. The summed E-state index contributed by atoms with van der Waals surface area (Å²) in [4.78, 5) is 48.8. The molecule has 0 aliphatic carbocycles. The summed E-state index contributed by atoms with van der Waals surface area (Å²) in [5, 5.41) is 8.60. The van der Waals surface area contributed by atoms with Gasteiger partial charge in [0.05, 0.1) is 11.1 Å². The van der Waals surface area contributed by atoms with Gasteiger partial charge in [-0.1, -0.05) is 48.9 Å². The molecule has 0 unspecified atom stereocenters. The number of fused-ring (bicyclic) bond motifs is 1. The van der Waals surface area contributed by atoms with Gasteiger partial charge in [-0.15, -0.1) is 0 Å². The fraction of sp³-hybridized carbons (Fsp3) is 0.222. The fourth-order valence-electron chi connectivity index (χ4n) is 3.69. The molecule has 9 heteroatoms. The SMILES string of the molecule is CCC(=O)Nc1cc(CNC(=O)c2ncnc3c(C(=O)NCc4ccc(C)cc4)c[nH]c23)ccc1C. The molecule has 2 aromatic heterocycles. The number of rotatable bonds is 8. The molecule has 2 heterocycles. The minimum atomic E-state index is -0.407. The second-order valence-electron chi connectivity index (χ2n) is 8.55. The number of anilines is 1. The summed E-state index contributed by atoms with van der Waals surface area (Å²) in [5.74, 6) is -0.781. The van der Waals surface area contributed by atoms with E-state index in [0.29, 0.717) is 35.2 Å². The molecule has 0 aliphatic rings. The lowest BCUT2D eigenvalue weighted by Gasteiger charge is -2.11. The minimum Gasteiger partial charge on any atom is -0.357 e. The Balaban J connectivity index is 1.45. The van der Waals surface area contributed by atoms with Crippen molar-refractivity contribution >= 4 is 34.4 Å². The summed E-state index contributed by atoms with van der Waals surface area (Å²) >= 11 is 0. The Morgan fingerprint density at radius 1 is 0.889 bits per heavy atom. The highest BCUT2D eigenvalue weighted by Gasteiger charge is 2.19. The molecule has 0 aliphatic heterocycles. The number of aryl methyl sites for hydroxylation is 2. The van der Waals surface area contributed by atoms with Crippen LogP contribution in [0.5, 0.6) is 0 Å². The van der Waals surface area contributed by atoms with Crippen LogP contribution in [-0.4, -0.2) is 32.7 Å². The number of benzene rings is 2. The summed E-state index contributed by atoms with van der Waals surface area (Å²) in [6.07, 6.45) is 3.18. The van der Waals surface area contributed by atoms with E-state index in [1.807, 2.05) is 56.3 Å². The molecule has 184 valence electrons. The molecule has 36 heavy (non-hydrogen) atoms. The van der Waals surface area contributed by atoms with Crippen LogP contribution < -0.4 is 16.0 Å². The van der Waals surface area contributed by atoms with Gasteiger partial charge in [0.1, 0.15) is 11.8 Å². The number of nitrogens with zero attached hydrogens (tertiary/aromatic N) is 2. The van der Waals surface area contributed by atoms with E-state index in [0.717, 1.165) is 22.3 Å². The first-order valence-electron chi connectivity index (χ1n) is 11.7. The Kier molecular flexibility index (Phi) is 7.39. The largest absolute Gasteiger partial charge is 0.357 e. The van der Waals surface area contributed by atoms with Crippen LogP contribution in [0.3, 0.4) is 0 Å². The van der Waals surface area contributed by atoms with E-state index >= 15 is 0 Å². The Morgan fingerprint density at radius 2 is 1.58 bits per heavy atom. The molecule has 0 saturated heterocycles. The van der Waals surface area contributed by atoms with Crippen molar-refractivity contribution in [2.45, 2.75) is 40.3 Å². The molecule has 0 bridgehead atoms. The molecule has 0 radical (unpaired) electrons. The van der Waals surface area contributed by atoms with E-state index < -0.39 is 5.91 Å². The third-order valence-electron chi connectivity index (χ3n) is 5.85. The van der Waals surface area contributed by atoms with Gasteiger partial charge < -0.3 is 20.9 Å². The summed E-state index contributed by atoms with van der Waals surface area (Å²) < 4.78 is 0. The van der Waals surface area contributed by atoms with E-state index in [9.17, 15) is 14.4 Å².